The van der Waals surface area contributed by atoms with Crippen molar-refractivity contribution >= 4 is 0 Å². The number of fused-ring (bicyclic) bond motifs is 5. The van der Waals surface area contributed by atoms with Crippen LogP contribution in [0, 0.1) is 46.3 Å². The number of rotatable bonds is 4. The molecule has 0 aromatic rings. The Labute approximate surface area is 186 Å². The fourth-order valence-electron chi connectivity index (χ4n) is 8.60. The summed E-state index contributed by atoms with van der Waals surface area (Å²) in [6.07, 6.45) is 13.8. The molecule has 8 atom stereocenters. The molecule has 0 aromatic carbocycles. The van der Waals surface area contributed by atoms with E-state index in [4.69, 9.17) is 0 Å². The van der Waals surface area contributed by atoms with Gasteiger partial charge in [0.05, 0.1) is 6.10 Å². The molecule has 3 saturated carbocycles. The molecule has 1 N–H and O–H groups in total. The van der Waals surface area contributed by atoms with Gasteiger partial charge < -0.3 is 5.11 Å². The number of aliphatic hydroxyl groups is 1. The van der Waals surface area contributed by atoms with Crippen LogP contribution < -0.4 is 0 Å². The van der Waals surface area contributed by atoms with Gasteiger partial charge in [0.2, 0.25) is 0 Å². The lowest BCUT2D eigenvalue weighted by atomic mass is 9.47. The van der Waals surface area contributed by atoms with Gasteiger partial charge in [0, 0.05) is 0 Å². The third-order valence-corrected chi connectivity index (χ3v) is 11.0. The van der Waals surface area contributed by atoms with E-state index in [1.54, 1.807) is 11.1 Å². The first kappa shape index (κ1) is 22.6. The van der Waals surface area contributed by atoms with Gasteiger partial charge in [-0.2, -0.15) is 0 Å². The Morgan fingerprint density at radius 1 is 1.03 bits per heavy atom. The Balaban J connectivity index is 1.57. The second kappa shape index (κ2) is 8.09. The number of aliphatic hydroxyl groups excluding tert-OH is 1. The van der Waals surface area contributed by atoms with E-state index in [0.29, 0.717) is 10.8 Å². The largest absolute Gasteiger partial charge is 0.393 e. The molecule has 0 heterocycles. The normalized spacial score (nSPS) is 44.6. The second-order valence-corrected chi connectivity index (χ2v) is 12.7. The predicted molar refractivity (Wildman–Crippen MR) is 128 cm³/mol. The lowest BCUT2D eigenvalue weighted by Crippen LogP contribution is -2.49. The minimum atomic E-state index is -0.0892. The van der Waals surface area contributed by atoms with E-state index < -0.39 is 0 Å². The Bertz CT molecular complexity index is 714. The van der Waals surface area contributed by atoms with Crippen LogP contribution in [0.4, 0.5) is 0 Å². The molecule has 0 aromatic heterocycles. The number of hydrogen-bond acceptors (Lipinski definition) is 1. The van der Waals surface area contributed by atoms with Gasteiger partial charge in [-0.3, -0.25) is 0 Å². The lowest BCUT2D eigenvalue weighted by molar-refractivity contribution is -0.0270. The van der Waals surface area contributed by atoms with Crippen LogP contribution in [0.15, 0.2) is 22.8 Å². The highest BCUT2D eigenvalue weighted by atomic mass is 16.3. The quantitative estimate of drug-likeness (QED) is 0.464. The lowest BCUT2D eigenvalue weighted by Gasteiger charge is -2.57. The van der Waals surface area contributed by atoms with Crippen LogP contribution in [0.1, 0.15) is 106 Å². The highest BCUT2D eigenvalue weighted by molar-refractivity contribution is 5.31. The predicted octanol–water partition coefficient (Wildman–Crippen LogP) is 7.94. The Morgan fingerprint density at radius 3 is 2.40 bits per heavy atom. The summed E-state index contributed by atoms with van der Waals surface area (Å²) >= 11 is 0. The zero-order valence-electron chi connectivity index (χ0n) is 20.9. The summed E-state index contributed by atoms with van der Waals surface area (Å²) in [5, 5.41) is 10.2. The molecule has 4 aliphatic carbocycles. The molecular weight excluding hydrogens is 364 g/mol. The van der Waals surface area contributed by atoms with Crippen LogP contribution in [-0.2, 0) is 0 Å². The molecule has 0 spiro atoms. The molecular formula is C29H48O. The van der Waals surface area contributed by atoms with E-state index in [2.05, 4.69) is 54.5 Å². The molecule has 1 heteroatoms. The maximum absolute atomic E-state index is 10.2. The van der Waals surface area contributed by atoms with Crippen molar-refractivity contribution < 1.29 is 5.11 Å². The average molecular weight is 413 g/mol. The van der Waals surface area contributed by atoms with Crippen molar-refractivity contribution in [2.45, 2.75) is 112 Å². The number of hydrogen-bond donors (Lipinski definition) is 1. The summed E-state index contributed by atoms with van der Waals surface area (Å²) < 4.78 is 0. The summed E-state index contributed by atoms with van der Waals surface area (Å²) in [7, 11) is 0. The zero-order valence-corrected chi connectivity index (χ0v) is 20.9. The van der Waals surface area contributed by atoms with Crippen LogP contribution in [0.25, 0.3) is 0 Å². The van der Waals surface area contributed by atoms with Crippen molar-refractivity contribution in [1.29, 1.82) is 0 Å². The minimum Gasteiger partial charge on any atom is -0.393 e. The van der Waals surface area contributed by atoms with Crippen molar-refractivity contribution in [1.82, 2.24) is 0 Å². The molecule has 0 bridgehead atoms. The molecule has 0 radical (unpaired) electrons. The van der Waals surface area contributed by atoms with Gasteiger partial charge in [0.1, 0.15) is 0 Å². The Hall–Kier alpha value is -0.560. The van der Waals surface area contributed by atoms with Crippen LogP contribution >= 0.6 is 0 Å². The van der Waals surface area contributed by atoms with E-state index in [9.17, 15) is 5.11 Å². The SMILES string of the molecule is C/C(CC(C)C(C)C(C)C)=C1/CC[C@H]2[C@@H]3CC=C4C[C@@H](O)CC[C@]4(C)[C@H]3CC[C@]12C. The molecule has 0 saturated heterocycles. The molecule has 0 aliphatic heterocycles. The van der Waals surface area contributed by atoms with Crippen LogP contribution in [-0.4, -0.2) is 11.2 Å². The number of allylic oxidation sites excluding steroid dienone is 3. The van der Waals surface area contributed by atoms with Gasteiger partial charge in [0.25, 0.3) is 0 Å². The fourth-order valence-corrected chi connectivity index (χ4v) is 8.60. The Morgan fingerprint density at radius 2 is 1.70 bits per heavy atom. The van der Waals surface area contributed by atoms with E-state index >= 15 is 0 Å². The Kier molecular flexibility index (Phi) is 6.10. The van der Waals surface area contributed by atoms with Crippen molar-refractivity contribution in [3.8, 4) is 0 Å². The van der Waals surface area contributed by atoms with Crippen LogP contribution in [0.2, 0.25) is 0 Å². The summed E-state index contributed by atoms with van der Waals surface area (Å²) in [6, 6.07) is 0. The molecule has 170 valence electrons. The monoisotopic (exact) mass is 412 g/mol. The van der Waals surface area contributed by atoms with E-state index in [1.165, 1.54) is 44.9 Å². The second-order valence-electron chi connectivity index (χ2n) is 12.7. The van der Waals surface area contributed by atoms with Crippen molar-refractivity contribution in [2.24, 2.45) is 46.3 Å². The molecule has 4 rings (SSSR count). The molecule has 3 fully saturated rings. The third-order valence-electron chi connectivity index (χ3n) is 11.0. The standard InChI is InChI=1S/C29H48O/c1-18(2)21(5)19(3)16-20(4)25-10-11-26-24-9-8-22-17-23(30)12-14-28(22,6)27(24)13-15-29(25,26)7/h8,18-19,21,23-24,26-27,30H,9-17H2,1-7H3/b25-20+/t19?,21?,23-,24-,26-,27-,28-,29+/m0/s1. The minimum absolute atomic E-state index is 0.0892. The molecule has 0 amide bonds. The summed E-state index contributed by atoms with van der Waals surface area (Å²) in [5.41, 5.74) is 6.01. The van der Waals surface area contributed by atoms with E-state index in [0.717, 1.165) is 48.3 Å². The first-order chi connectivity index (χ1) is 14.1. The summed E-state index contributed by atoms with van der Waals surface area (Å²) in [4.78, 5) is 0. The molecule has 2 unspecified atom stereocenters. The highest BCUT2D eigenvalue weighted by Crippen LogP contribution is 2.66. The van der Waals surface area contributed by atoms with Gasteiger partial charge in [-0.1, -0.05) is 64.3 Å². The fraction of sp³-hybridized carbons (Fsp3) is 0.862. The van der Waals surface area contributed by atoms with Crippen molar-refractivity contribution in [3.63, 3.8) is 0 Å². The third kappa shape index (κ3) is 3.56. The smallest absolute Gasteiger partial charge is 0.0577 e. The van der Waals surface area contributed by atoms with E-state index in [1.807, 2.05) is 5.57 Å². The summed E-state index contributed by atoms with van der Waals surface area (Å²) in [6.45, 7) is 17.4. The first-order valence-electron chi connectivity index (χ1n) is 13.1. The van der Waals surface area contributed by atoms with Crippen molar-refractivity contribution in [3.05, 3.63) is 22.8 Å². The first-order valence-corrected chi connectivity index (χ1v) is 13.1. The zero-order chi connectivity index (χ0) is 21.8. The van der Waals surface area contributed by atoms with E-state index in [-0.39, 0.29) is 6.10 Å². The van der Waals surface area contributed by atoms with Gasteiger partial charge in [-0.05, 0) is 111 Å². The van der Waals surface area contributed by atoms with Crippen LogP contribution in [0.5, 0.6) is 0 Å². The highest BCUT2D eigenvalue weighted by Gasteiger charge is 2.57. The van der Waals surface area contributed by atoms with Gasteiger partial charge >= 0.3 is 0 Å². The summed E-state index contributed by atoms with van der Waals surface area (Å²) in [5.74, 6) is 4.94. The van der Waals surface area contributed by atoms with Gasteiger partial charge in [-0.25, -0.2) is 0 Å². The van der Waals surface area contributed by atoms with Gasteiger partial charge in [0.15, 0.2) is 0 Å². The van der Waals surface area contributed by atoms with Crippen LogP contribution in [0.3, 0.4) is 0 Å². The molecule has 1 nitrogen and oxygen atoms in total. The van der Waals surface area contributed by atoms with Crippen molar-refractivity contribution in [2.75, 3.05) is 0 Å². The topological polar surface area (TPSA) is 20.2 Å². The molecule has 30 heavy (non-hydrogen) atoms. The van der Waals surface area contributed by atoms with Gasteiger partial charge in [-0.15, -0.1) is 0 Å². The maximum atomic E-state index is 10.2. The molecule has 4 aliphatic rings. The maximum Gasteiger partial charge on any atom is 0.0577 e. The average Bonchev–Trinajstić information content (AvgIpc) is 3.05.